The van der Waals surface area contributed by atoms with Gasteiger partial charge in [0.25, 0.3) is 0 Å². The molecule has 1 aliphatic rings. The number of halogens is 1. The highest BCUT2D eigenvalue weighted by Gasteiger charge is 2.19. The van der Waals surface area contributed by atoms with Crippen molar-refractivity contribution in [2.75, 3.05) is 25.1 Å². The number of nitrogens with zero attached hydrogens (tertiary/aromatic N) is 3. The molecule has 32 heavy (non-hydrogen) atoms. The van der Waals surface area contributed by atoms with E-state index in [0.29, 0.717) is 23.1 Å². The molecule has 4 N–H and O–H groups in total. The topological polar surface area (TPSA) is 104 Å². The number of aryl methyl sites for hydroxylation is 1. The van der Waals surface area contributed by atoms with Crippen LogP contribution in [0.25, 0.3) is 5.82 Å². The van der Waals surface area contributed by atoms with E-state index in [4.69, 9.17) is 16.3 Å². The van der Waals surface area contributed by atoms with Gasteiger partial charge in [-0.1, -0.05) is 23.7 Å². The summed E-state index contributed by atoms with van der Waals surface area (Å²) in [7, 11) is 0. The predicted molar refractivity (Wildman–Crippen MR) is 123 cm³/mol. The van der Waals surface area contributed by atoms with Crippen LogP contribution in [0, 0.1) is 6.92 Å². The van der Waals surface area contributed by atoms with Gasteiger partial charge in [-0.15, -0.1) is 0 Å². The summed E-state index contributed by atoms with van der Waals surface area (Å²) < 4.78 is 7.37. The number of aliphatic hydroxyl groups is 2. The van der Waals surface area contributed by atoms with E-state index in [0.717, 1.165) is 36.4 Å². The Morgan fingerprint density at radius 3 is 2.94 bits per heavy atom. The molecule has 1 aromatic carbocycles. The lowest BCUT2D eigenvalue weighted by molar-refractivity contribution is 0.0874. The minimum atomic E-state index is -0.980. The van der Waals surface area contributed by atoms with Gasteiger partial charge in [-0.2, -0.15) is 4.98 Å². The zero-order valence-electron chi connectivity index (χ0n) is 17.9. The van der Waals surface area contributed by atoms with Crippen molar-refractivity contribution in [1.29, 1.82) is 0 Å². The van der Waals surface area contributed by atoms with Crippen LogP contribution in [0.2, 0.25) is 5.02 Å². The monoisotopic (exact) mass is 457 g/mol. The first-order chi connectivity index (χ1) is 15.5. The fourth-order valence-corrected chi connectivity index (χ4v) is 3.97. The van der Waals surface area contributed by atoms with Gasteiger partial charge in [0.15, 0.2) is 0 Å². The SMILES string of the molecule is Cc1cnc(NC2CCCOC2)nc1-n1ccc(C(O)N[C@H](CO)c2cccc(Cl)c2)c1. The van der Waals surface area contributed by atoms with Crippen LogP contribution in [-0.2, 0) is 4.74 Å². The standard InChI is InChI=1S/C23H28ClN5O3/c1-15-11-25-23(26-19-6-3-9-32-14-19)28-21(15)29-8-7-17(12-29)22(31)27-20(13-30)16-4-2-5-18(24)10-16/h2,4-5,7-8,10-12,19-20,22,27,30-31H,3,6,9,13-14H2,1H3,(H,25,26,28)/t19?,20-,22?/m1/s1. The third-order valence-electron chi connectivity index (χ3n) is 5.51. The minimum absolute atomic E-state index is 0.178. The number of hydrogen-bond acceptors (Lipinski definition) is 7. The summed E-state index contributed by atoms with van der Waals surface area (Å²) in [5.74, 6) is 1.28. The van der Waals surface area contributed by atoms with Crippen LogP contribution in [0.15, 0.2) is 48.9 Å². The Morgan fingerprint density at radius 1 is 1.31 bits per heavy atom. The third kappa shape index (κ3) is 5.46. The van der Waals surface area contributed by atoms with Crippen LogP contribution >= 0.6 is 11.6 Å². The second-order valence-electron chi connectivity index (χ2n) is 7.97. The molecule has 0 aliphatic carbocycles. The summed E-state index contributed by atoms with van der Waals surface area (Å²) >= 11 is 6.06. The van der Waals surface area contributed by atoms with E-state index in [1.54, 1.807) is 18.3 Å². The fraction of sp³-hybridized carbons (Fsp3) is 0.391. The summed E-state index contributed by atoms with van der Waals surface area (Å²) in [5.41, 5.74) is 2.36. The summed E-state index contributed by atoms with van der Waals surface area (Å²) in [6, 6.07) is 8.76. The molecule has 8 nitrogen and oxygen atoms in total. The van der Waals surface area contributed by atoms with Crippen molar-refractivity contribution in [2.45, 2.75) is 38.1 Å². The van der Waals surface area contributed by atoms with Crippen molar-refractivity contribution < 1.29 is 14.9 Å². The Labute approximate surface area is 192 Å². The van der Waals surface area contributed by atoms with Crippen LogP contribution in [-0.4, -0.2) is 50.6 Å². The molecule has 2 aromatic heterocycles. The van der Waals surface area contributed by atoms with E-state index in [1.165, 1.54) is 0 Å². The summed E-state index contributed by atoms with van der Waals surface area (Å²) in [5, 5.41) is 27.5. The Bertz CT molecular complexity index is 1040. The molecule has 0 amide bonds. The Hall–Kier alpha value is -2.49. The number of anilines is 1. The molecule has 170 valence electrons. The van der Waals surface area contributed by atoms with Gasteiger partial charge in [-0.3, -0.25) is 5.32 Å². The highest BCUT2D eigenvalue weighted by Crippen LogP contribution is 2.23. The van der Waals surface area contributed by atoms with Gasteiger partial charge in [0.2, 0.25) is 5.95 Å². The third-order valence-corrected chi connectivity index (χ3v) is 5.74. The predicted octanol–water partition coefficient (Wildman–Crippen LogP) is 3.13. The molecular formula is C23H28ClN5O3. The second-order valence-corrected chi connectivity index (χ2v) is 8.41. The van der Waals surface area contributed by atoms with E-state index in [1.807, 2.05) is 42.1 Å². The number of rotatable bonds is 8. The van der Waals surface area contributed by atoms with Gasteiger partial charge in [-0.25, -0.2) is 4.98 Å². The first-order valence-corrected chi connectivity index (χ1v) is 11.1. The molecule has 3 heterocycles. The van der Waals surface area contributed by atoms with Crippen LogP contribution in [0.5, 0.6) is 0 Å². The van der Waals surface area contributed by atoms with Gasteiger partial charge < -0.3 is 24.8 Å². The maximum absolute atomic E-state index is 10.7. The lowest BCUT2D eigenvalue weighted by Crippen LogP contribution is -2.30. The van der Waals surface area contributed by atoms with Gasteiger partial charge in [-0.05, 0) is 43.5 Å². The molecule has 0 saturated carbocycles. The molecule has 4 rings (SSSR count). The van der Waals surface area contributed by atoms with Crippen LogP contribution < -0.4 is 10.6 Å². The van der Waals surface area contributed by atoms with Crippen LogP contribution in [0.1, 0.15) is 41.8 Å². The first-order valence-electron chi connectivity index (χ1n) is 10.7. The number of nitrogens with one attached hydrogen (secondary N) is 2. The molecule has 1 saturated heterocycles. The fourth-order valence-electron chi connectivity index (χ4n) is 3.77. The van der Waals surface area contributed by atoms with Crippen molar-refractivity contribution in [3.63, 3.8) is 0 Å². The zero-order chi connectivity index (χ0) is 22.5. The summed E-state index contributed by atoms with van der Waals surface area (Å²) in [6.07, 6.45) is 6.50. The number of benzene rings is 1. The maximum Gasteiger partial charge on any atom is 0.224 e. The molecule has 1 aliphatic heterocycles. The lowest BCUT2D eigenvalue weighted by Gasteiger charge is -2.23. The van der Waals surface area contributed by atoms with Crippen molar-refractivity contribution in [3.8, 4) is 5.82 Å². The number of ether oxygens (including phenoxy) is 1. The van der Waals surface area contributed by atoms with Crippen molar-refractivity contribution >= 4 is 17.5 Å². The van der Waals surface area contributed by atoms with E-state index in [9.17, 15) is 10.2 Å². The molecule has 9 heteroatoms. The maximum atomic E-state index is 10.7. The Morgan fingerprint density at radius 2 is 2.19 bits per heavy atom. The molecule has 0 spiro atoms. The minimum Gasteiger partial charge on any atom is -0.394 e. The first kappa shape index (κ1) is 22.7. The highest BCUT2D eigenvalue weighted by molar-refractivity contribution is 6.30. The Kier molecular flexibility index (Phi) is 7.39. The quantitative estimate of drug-likeness (QED) is 0.385. The van der Waals surface area contributed by atoms with Gasteiger partial charge in [0, 0.05) is 41.3 Å². The summed E-state index contributed by atoms with van der Waals surface area (Å²) in [4.78, 5) is 9.07. The molecule has 3 atom stereocenters. The zero-order valence-corrected chi connectivity index (χ0v) is 18.7. The normalized spacial score (nSPS) is 18.3. The van der Waals surface area contributed by atoms with Gasteiger partial charge in [0.1, 0.15) is 12.0 Å². The second kappa shape index (κ2) is 10.4. The largest absolute Gasteiger partial charge is 0.394 e. The molecule has 1 fully saturated rings. The van der Waals surface area contributed by atoms with Crippen molar-refractivity contribution in [1.82, 2.24) is 19.9 Å². The van der Waals surface area contributed by atoms with E-state index >= 15 is 0 Å². The Balaban J connectivity index is 1.48. The van der Waals surface area contributed by atoms with Gasteiger partial charge in [0.05, 0.1) is 25.3 Å². The molecule has 0 radical (unpaired) electrons. The molecule has 3 aromatic rings. The van der Waals surface area contributed by atoms with E-state index < -0.39 is 12.3 Å². The average Bonchev–Trinajstić information content (AvgIpc) is 3.29. The van der Waals surface area contributed by atoms with Crippen LogP contribution in [0.3, 0.4) is 0 Å². The van der Waals surface area contributed by atoms with Crippen LogP contribution in [0.4, 0.5) is 5.95 Å². The molecule has 2 unspecified atom stereocenters. The van der Waals surface area contributed by atoms with E-state index in [2.05, 4.69) is 20.6 Å². The number of aromatic nitrogens is 3. The number of aliphatic hydroxyl groups excluding tert-OH is 2. The van der Waals surface area contributed by atoms with Gasteiger partial charge >= 0.3 is 0 Å². The lowest BCUT2D eigenvalue weighted by atomic mass is 10.1. The smallest absolute Gasteiger partial charge is 0.224 e. The molecular weight excluding hydrogens is 430 g/mol. The van der Waals surface area contributed by atoms with Crippen molar-refractivity contribution in [2.24, 2.45) is 0 Å². The average molecular weight is 458 g/mol. The molecule has 0 bridgehead atoms. The van der Waals surface area contributed by atoms with Crippen molar-refractivity contribution in [3.05, 3.63) is 70.6 Å². The van der Waals surface area contributed by atoms with E-state index in [-0.39, 0.29) is 12.6 Å². The summed E-state index contributed by atoms with van der Waals surface area (Å²) in [6.45, 7) is 3.22. The number of hydrogen-bond donors (Lipinski definition) is 4. The highest BCUT2D eigenvalue weighted by atomic mass is 35.5.